The largest absolute Gasteiger partial charge is 0.370 e. The maximum Gasteiger partial charge on any atom is 0.150 e. The molecule has 0 bridgehead atoms. The van der Waals surface area contributed by atoms with Gasteiger partial charge in [-0.1, -0.05) is 0 Å². The lowest BCUT2D eigenvalue weighted by molar-refractivity contribution is -0.0327. The molecule has 1 aromatic carbocycles. The second kappa shape index (κ2) is 10.2. The van der Waals surface area contributed by atoms with E-state index in [-0.39, 0.29) is 12.2 Å². The highest BCUT2D eigenvalue weighted by atomic mass is 16.5. The minimum Gasteiger partial charge on any atom is -0.370 e. The predicted molar refractivity (Wildman–Crippen MR) is 144 cm³/mol. The van der Waals surface area contributed by atoms with Crippen LogP contribution in [0.25, 0.3) is 10.9 Å². The number of aryl methyl sites for hydroxylation is 1. The van der Waals surface area contributed by atoms with Crippen LogP contribution in [-0.4, -0.2) is 84.4 Å². The third kappa shape index (κ3) is 4.85. The lowest BCUT2D eigenvalue weighted by Crippen LogP contribution is -2.54. The summed E-state index contributed by atoms with van der Waals surface area (Å²) < 4.78 is 6.40. The summed E-state index contributed by atoms with van der Waals surface area (Å²) in [5, 5.41) is 13.9. The van der Waals surface area contributed by atoms with Crippen molar-refractivity contribution in [2.24, 2.45) is 0 Å². The molecule has 0 saturated carbocycles. The van der Waals surface area contributed by atoms with Crippen LogP contribution >= 0.6 is 0 Å². The highest BCUT2D eigenvalue weighted by Gasteiger charge is 2.30. The van der Waals surface area contributed by atoms with Crippen LogP contribution in [-0.2, 0) is 17.7 Å². The van der Waals surface area contributed by atoms with Crippen molar-refractivity contribution < 1.29 is 4.74 Å². The van der Waals surface area contributed by atoms with Crippen molar-refractivity contribution in [3.8, 4) is 6.07 Å². The SMILES string of the molecule is Cc1nc2c(nc1N1CCN(C[C@H]3CN(c4ccc(C#N)c5ncccc45)C[C@@H](C)O3)CC1)CCNC2. The number of benzene rings is 1. The molecule has 1 N–H and O–H groups in total. The fourth-order valence-electron chi connectivity index (χ4n) is 5.94. The van der Waals surface area contributed by atoms with Gasteiger partial charge in [-0.2, -0.15) is 5.26 Å². The van der Waals surface area contributed by atoms with Crippen LogP contribution < -0.4 is 15.1 Å². The Morgan fingerprint density at radius 1 is 1.08 bits per heavy atom. The van der Waals surface area contributed by atoms with Crippen molar-refractivity contribution >= 4 is 22.4 Å². The first-order valence-electron chi connectivity index (χ1n) is 13.3. The van der Waals surface area contributed by atoms with Crippen LogP contribution in [0.1, 0.15) is 29.6 Å². The van der Waals surface area contributed by atoms with Crippen molar-refractivity contribution in [1.29, 1.82) is 5.26 Å². The third-order valence-corrected chi connectivity index (χ3v) is 7.70. The van der Waals surface area contributed by atoms with Gasteiger partial charge in [-0.05, 0) is 38.1 Å². The normalized spacial score (nSPS) is 22.6. The molecule has 2 fully saturated rings. The Hall–Kier alpha value is -3.32. The molecular weight excluding hydrogens is 464 g/mol. The van der Waals surface area contributed by atoms with Gasteiger partial charge in [0.1, 0.15) is 11.9 Å². The van der Waals surface area contributed by atoms with Crippen LogP contribution in [0.5, 0.6) is 0 Å². The molecule has 5 heterocycles. The van der Waals surface area contributed by atoms with Gasteiger partial charge >= 0.3 is 0 Å². The highest BCUT2D eigenvalue weighted by Crippen LogP contribution is 2.30. The smallest absolute Gasteiger partial charge is 0.150 e. The summed E-state index contributed by atoms with van der Waals surface area (Å²) >= 11 is 0. The summed E-state index contributed by atoms with van der Waals surface area (Å²) in [6, 6.07) is 10.2. The van der Waals surface area contributed by atoms with Crippen molar-refractivity contribution in [2.75, 3.05) is 62.2 Å². The summed E-state index contributed by atoms with van der Waals surface area (Å²) in [6.45, 7) is 12.4. The number of aromatic nitrogens is 3. The van der Waals surface area contributed by atoms with Gasteiger partial charge in [0, 0.05) is 82.6 Å². The molecule has 9 heteroatoms. The Labute approximate surface area is 218 Å². The minimum atomic E-state index is 0.121. The number of nitrogens with one attached hydrogen (secondary N) is 1. The lowest BCUT2D eigenvalue weighted by atomic mass is 10.1. The molecule has 0 unspecified atom stereocenters. The van der Waals surface area contributed by atoms with E-state index >= 15 is 0 Å². The Bertz CT molecular complexity index is 1330. The summed E-state index contributed by atoms with van der Waals surface area (Å²) in [4.78, 5) is 21.7. The number of pyridine rings is 1. The fraction of sp³-hybridized carbons (Fsp3) is 0.500. The Morgan fingerprint density at radius 2 is 1.95 bits per heavy atom. The standard InChI is InChI=1S/C28H34N8O/c1-19-16-36(26-6-5-21(14-29)27-23(26)4-3-8-31-27)18-22(37-19)17-34-10-12-35(13-11-34)28-20(2)32-25-15-30-9-7-24(25)33-28/h3-6,8,19,22,30H,7,9-13,15-18H2,1-2H3/t19-,22+/m1/s1. The zero-order chi connectivity index (χ0) is 25.4. The molecular formula is C28H34N8O. The van der Waals surface area contributed by atoms with Crippen LogP contribution in [0, 0.1) is 18.3 Å². The van der Waals surface area contributed by atoms with Gasteiger partial charge in [-0.25, -0.2) is 4.98 Å². The second-order valence-electron chi connectivity index (χ2n) is 10.4. The Morgan fingerprint density at radius 3 is 2.78 bits per heavy atom. The molecule has 2 atom stereocenters. The number of nitrogens with zero attached hydrogens (tertiary/aromatic N) is 7. The summed E-state index contributed by atoms with van der Waals surface area (Å²) in [5.74, 6) is 1.05. The monoisotopic (exact) mass is 498 g/mol. The van der Waals surface area contributed by atoms with E-state index < -0.39 is 0 Å². The minimum absolute atomic E-state index is 0.121. The first-order chi connectivity index (χ1) is 18.1. The van der Waals surface area contributed by atoms with E-state index in [2.05, 4.69) is 57.0 Å². The molecule has 37 heavy (non-hydrogen) atoms. The number of hydrogen-bond acceptors (Lipinski definition) is 9. The van der Waals surface area contributed by atoms with Crippen LogP contribution in [0.2, 0.25) is 0 Å². The molecule has 3 aromatic rings. The van der Waals surface area contributed by atoms with Crippen LogP contribution in [0.15, 0.2) is 30.5 Å². The number of piperazine rings is 1. The molecule has 2 saturated heterocycles. The number of hydrogen-bond donors (Lipinski definition) is 1. The molecule has 0 amide bonds. The van der Waals surface area contributed by atoms with E-state index in [1.165, 1.54) is 0 Å². The van der Waals surface area contributed by atoms with Crippen molar-refractivity contribution in [3.05, 3.63) is 53.1 Å². The molecule has 9 nitrogen and oxygen atoms in total. The van der Waals surface area contributed by atoms with Gasteiger partial charge < -0.3 is 19.9 Å². The molecule has 3 aliphatic rings. The first-order valence-corrected chi connectivity index (χ1v) is 13.3. The quantitative estimate of drug-likeness (QED) is 0.581. The molecule has 0 aliphatic carbocycles. The number of nitriles is 1. The Kier molecular flexibility index (Phi) is 6.63. The van der Waals surface area contributed by atoms with Gasteiger partial charge in [-0.15, -0.1) is 0 Å². The third-order valence-electron chi connectivity index (χ3n) is 7.70. The predicted octanol–water partition coefficient (Wildman–Crippen LogP) is 2.27. The van der Waals surface area contributed by atoms with Gasteiger partial charge in [-0.3, -0.25) is 14.9 Å². The summed E-state index contributed by atoms with van der Waals surface area (Å²) in [5.41, 5.74) is 5.79. The zero-order valence-electron chi connectivity index (χ0n) is 21.7. The van der Waals surface area contributed by atoms with Gasteiger partial charge in [0.15, 0.2) is 0 Å². The summed E-state index contributed by atoms with van der Waals surface area (Å²) in [7, 11) is 0. The topological polar surface area (TPSA) is 93.4 Å². The average molecular weight is 499 g/mol. The van der Waals surface area contributed by atoms with Crippen molar-refractivity contribution in [1.82, 2.24) is 25.2 Å². The van der Waals surface area contributed by atoms with E-state index in [0.717, 1.165) is 105 Å². The number of anilines is 2. The summed E-state index contributed by atoms with van der Waals surface area (Å²) in [6.07, 6.45) is 2.96. The molecule has 2 aromatic heterocycles. The average Bonchev–Trinajstić information content (AvgIpc) is 2.92. The highest BCUT2D eigenvalue weighted by molar-refractivity contribution is 5.95. The first kappa shape index (κ1) is 24.0. The number of ether oxygens (including phenoxy) is 1. The number of morpholine rings is 1. The molecule has 0 radical (unpaired) electrons. The van der Waals surface area contributed by atoms with E-state index in [1.807, 2.05) is 12.1 Å². The maximum atomic E-state index is 9.52. The zero-order valence-corrected chi connectivity index (χ0v) is 21.7. The van der Waals surface area contributed by atoms with Crippen LogP contribution in [0.4, 0.5) is 11.5 Å². The molecule has 6 rings (SSSR count). The van der Waals surface area contributed by atoms with Gasteiger partial charge in [0.2, 0.25) is 0 Å². The number of fused-ring (bicyclic) bond motifs is 2. The lowest BCUT2D eigenvalue weighted by Gasteiger charge is -2.42. The Balaban J connectivity index is 1.12. The molecule has 192 valence electrons. The molecule has 0 spiro atoms. The molecule has 3 aliphatic heterocycles. The van der Waals surface area contributed by atoms with E-state index in [9.17, 15) is 5.26 Å². The maximum absolute atomic E-state index is 9.52. The van der Waals surface area contributed by atoms with Crippen molar-refractivity contribution in [3.63, 3.8) is 0 Å². The van der Waals surface area contributed by atoms with E-state index in [0.29, 0.717) is 5.56 Å². The fourth-order valence-corrected chi connectivity index (χ4v) is 5.94. The number of rotatable bonds is 4. The second-order valence-corrected chi connectivity index (χ2v) is 10.4. The van der Waals surface area contributed by atoms with Crippen LogP contribution in [0.3, 0.4) is 0 Å². The van der Waals surface area contributed by atoms with Gasteiger partial charge in [0.25, 0.3) is 0 Å². The van der Waals surface area contributed by atoms with E-state index in [1.54, 1.807) is 6.20 Å². The van der Waals surface area contributed by atoms with E-state index in [4.69, 9.17) is 14.7 Å². The van der Waals surface area contributed by atoms with Crippen molar-refractivity contribution in [2.45, 2.75) is 39.0 Å². The van der Waals surface area contributed by atoms with Gasteiger partial charge in [0.05, 0.1) is 40.4 Å².